The molecule has 0 atom stereocenters. The zero-order chi connectivity index (χ0) is 17.5. The number of nitrogens with zero attached hydrogens (tertiary/aromatic N) is 3. The van der Waals surface area contributed by atoms with Crippen molar-refractivity contribution in [2.24, 2.45) is 5.73 Å². The summed E-state index contributed by atoms with van der Waals surface area (Å²) in [6.45, 7) is 1.44. The molecule has 1 aliphatic carbocycles. The highest BCUT2D eigenvalue weighted by atomic mass is 35.5. The molecular formula is C18H25ClN6. The molecular weight excluding hydrogens is 336 g/mol. The summed E-state index contributed by atoms with van der Waals surface area (Å²) < 4.78 is 0. The smallest absolute Gasteiger partial charge is 0.223 e. The summed E-state index contributed by atoms with van der Waals surface area (Å²) in [6.07, 6.45) is 10.5. The van der Waals surface area contributed by atoms with Gasteiger partial charge in [-0.25, -0.2) is 15.0 Å². The summed E-state index contributed by atoms with van der Waals surface area (Å²) in [6, 6.07) is 4.32. The minimum atomic E-state index is 0.453. The van der Waals surface area contributed by atoms with Crippen LogP contribution in [0.5, 0.6) is 0 Å². The molecule has 2 heterocycles. The lowest BCUT2D eigenvalue weighted by Gasteiger charge is -2.22. The lowest BCUT2D eigenvalue weighted by Crippen LogP contribution is -2.23. The molecule has 0 saturated heterocycles. The van der Waals surface area contributed by atoms with Crippen LogP contribution in [0.25, 0.3) is 11.3 Å². The average molecular weight is 361 g/mol. The molecule has 1 fully saturated rings. The number of nitrogens with two attached hydrogens (primary N) is 1. The van der Waals surface area contributed by atoms with E-state index in [4.69, 9.17) is 17.3 Å². The van der Waals surface area contributed by atoms with Crippen molar-refractivity contribution in [1.82, 2.24) is 15.0 Å². The second-order valence-corrected chi connectivity index (χ2v) is 6.78. The van der Waals surface area contributed by atoms with Crippen molar-refractivity contribution in [3.05, 3.63) is 29.5 Å². The van der Waals surface area contributed by atoms with Gasteiger partial charge in [-0.15, -0.1) is 0 Å². The van der Waals surface area contributed by atoms with Gasteiger partial charge in [0.2, 0.25) is 5.95 Å². The lowest BCUT2D eigenvalue weighted by molar-refractivity contribution is 0.461. The van der Waals surface area contributed by atoms with Gasteiger partial charge in [0.15, 0.2) is 0 Å². The summed E-state index contributed by atoms with van der Waals surface area (Å²) in [4.78, 5) is 13.3. The highest BCUT2D eigenvalue weighted by Gasteiger charge is 2.15. The minimum Gasteiger partial charge on any atom is -0.370 e. The van der Waals surface area contributed by atoms with Gasteiger partial charge in [0.1, 0.15) is 5.82 Å². The molecule has 0 aliphatic heterocycles. The first-order valence-corrected chi connectivity index (χ1v) is 9.33. The molecule has 0 unspecified atom stereocenters. The Bertz CT molecular complexity index is 687. The number of nitrogens with one attached hydrogen (secondary N) is 2. The molecule has 2 aromatic heterocycles. The fourth-order valence-corrected chi connectivity index (χ4v) is 3.26. The Hall–Kier alpha value is -1.92. The largest absolute Gasteiger partial charge is 0.370 e. The van der Waals surface area contributed by atoms with Crippen LogP contribution in [0.1, 0.15) is 38.5 Å². The van der Waals surface area contributed by atoms with Crippen molar-refractivity contribution in [3.8, 4) is 11.3 Å². The first-order chi connectivity index (χ1) is 12.3. The molecule has 0 spiro atoms. The molecule has 2 aromatic rings. The number of hydrogen-bond acceptors (Lipinski definition) is 6. The molecule has 1 aliphatic rings. The van der Waals surface area contributed by atoms with E-state index in [1.54, 1.807) is 12.4 Å². The van der Waals surface area contributed by atoms with E-state index < -0.39 is 0 Å². The summed E-state index contributed by atoms with van der Waals surface area (Å²) in [7, 11) is 0. The third-order valence-corrected chi connectivity index (χ3v) is 4.68. The molecule has 1 saturated carbocycles. The second-order valence-electron chi connectivity index (χ2n) is 6.37. The van der Waals surface area contributed by atoms with Gasteiger partial charge in [-0.2, -0.15) is 0 Å². The van der Waals surface area contributed by atoms with Crippen LogP contribution in [-0.2, 0) is 0 Å². The predicted molar refractivity (Wildman–Crippen MR) is 103 cm³/mol. The molecule has 0 aromatic carbocycles. The van der Waals surface area contributed by atoms with Crippen molar-refractivity contribution >= 4 is 23.4 Å². The Morgan fingerprint density at radius 1 is 1.20 bits per heavy atom. The molecule has 7 heteroatoms. The first-order valence-electron chi connectivity index (χ1n) is 8.95. The molecule has 4 N–H and O–H groups in total. The zero-order valence-corrected chi connectivity index (χ0v) is 15.1. The fourth-order valence-electron chi connectivity index (χ4n) is 3.06. The maximum atomic E-state index is 6.34. The van der Waals surface area contributed by atoms with Crippen LogP contribution in [-0.4, -0.2) is 34.1 Å². The Kier molecular flexibility index (Phi) is 6.42. The van der Waals surface area contributed by atoms with Gasteiger partial charge in [0.25, 0.3) is 0 Å². The topological polar surface area (TPSA) is 88.8 Å². The van der Waals surface area contributed by atoms with E-state index in [0.717, 1.165) is 30.0 Å². The first kappa shape index (κ1) is 17.9. The maximum absolute atomic E-state index is 6.34. The van der Waals surface area contributed by atoms with Gasteiger partial charge >= 0.3 is 0 Å². The Balaban J connectivity index is 1.76. The Morgan fingerprint density at radius 3 is 2.84 bits per heavy atom. The van der Waals surface area contributed by atoms with E-state index in [1.807, 2.05) is 12.1 Å². The Morgan fingerprint density at radius 2 is 2.04 bits per heavy atom. The number of rotatable bonds is 7. The van der Waals surface area contributed by atoms with Crippen LogP contribution in [0.2, 0.25) is 5.02 Å². The number of anilines is 2. The van der Waals surface area contributed by atoms with E-state index in [2.05, 4.69) is 25.6 Å². The van der Waals surface area contributed by atoms with Crippen LogP contribution >= 0.6 is 11.6 Å². The number of halogens is 1. The lowest BCUT2D eigenvalue weighted by atomic mass is 9.96. The quantitative estimate of drug-likeness (QED) is 0.652. The number of pyridine rings is 1. The van der Waals surface area contributed by atoms with Crippen LogP contribution in [0, 0.1) is 0 Å². The van der Waals surface area contributed by atoms with Crippen LogP contribution in [0.4, 0.5) is 11.8 Å². The van der Waals surface area contributed by atoms with Gasteiger partial charge in [-0.05, 0) is 37.9 Å². The van der Waals surface area contributed by atoms with Crippen molar-refractivity contribution < 1.29 is 0 Å². The van der Waals surface area contributed by atoms with E-state index >= 15 is 0 Å². The SMILES string of the molecule is NCCCNc1cc(-c2nc(NC3CCCCC3)ncc2Cl)ccn1. The molecule has 134 valence electrons. The zero-order valence-electron chi connectivity index (χ0n) is 14.3. The van der Waals surface area contributed by atoms with Crippen molar-refractivity contribution in [1.29, 1.82) is 0 Å². The third kappa shape index (κ3) is 5.03. The van der Waals surface area contributed by atoms with Gasteiger partial charge < -0.3 is 16.4 Å². The van der Waals surface area contributed by atoms with E-state index in [0.29, 0.717) is 23.6 Å². The highest BCUT2D eigenvalue weighted by Crippen LogP contribution is 2.28. The molecule has 6 nitrogen and oxygen atoms in total. The van der Waals surface area contributed by atoms with Gasteiger partial charge in [0, 0.05) is 24.3 Å². The van der Waals surface area contributed by atoms with Gasteiger partial charge in [-0.3, -0.25) is 0 Å². The summed E-state index contributed by atoms with van der Waals surface area (Å²) in [5.41, 5.74) is 7.17. The molecule has 0 amide bonds. The van der Waals surface area contributed by atoms with Crippen molar-refractivity contribution in [2.75, 3.05) is 23.7 Å². The third-order valence-electron chi connectivity index (χ3n) is 4.40. The number of hydrogen-bond donors (Lipinski definition) is 3. The number of aromatic nitrogens is 3. The molecule has 25 heavy (non-hydrogen) atoms. The Labute approximate surface area is 153 Å². The van der Waals surface area contributed by atoms with Crippen molar-refractivity contribution in [2.45, 2.75) is 44.6 Å². The summed E-state index contributed by atoms with van der Waals surface area (Å²) in [5, 5.41) is 7.25. The summed E-state index contributed by atoms with van der Waals surface area (Å²) in [5.74, 6) is 1.43. The normalized spacial score (nSPS) is 15.1. The fraction of sp³-hybridized carbons (Fsp3) is 0.500. The monoisotopic (exact) mass is 360 g/mol. The van der Waals surface area contributed by atoms with Crippen molar-refractivity contribution in [3.63, 3.8) is 0 Å². The average Bonchev–Trinajstić information content (AvgIpc) is 2.65. The second kappa shape index (κ2) is 8.97. The highest BCUT2D eigenvalue weighted by molar-refractivity contribution is 6.32. The van der Waals surface area contributed by atoms with E-state index in [9.17, 15) is 0 Å². The summed E-state index contributed by atoms with van der Waals surface area (Å²) >= 11 is 6.34. The van der Waals surface area contributed by atoms with Gasteiger partial charge in [-0.1, -0.05) is 30.9 Å². The van der Waals surface area contributed by atoms with E-state index in [1.165, 1.54) is 32.1 Å². The van der Waals surface area contributed by atoms with Gasteiger partial charge in [0.05, 0.1) is 16.9 Å². The van der Waals surface area contributed by atoms with E-state index in [-0.39, 0.29) is 0 Å². The maximum Gasteiger partial charge on any atom is 0.223 e. The molecule has 0 bridgehead atoms. The molecule has 3 rings (SSSR count). The minimum absolute atomic E-state index is 0.453. The standard InChI is InChI=1S/C18H25ClN6/c19-15-12-23-18(24-14-5-2-1-3-6-14)25-17(15)13-7-10-22-16(11-13)21-9-4-8-20/h7,10-12,14H,1-6,8-9,20H2,(H,21,22)(H,23,24,25). The van der Waals surface area contributed by atoms with Crippen LogP contribution < -0.4 is 16.4 Å². The van der Waals surface area contributed by atoms with Crippen LogP contribution in [0.15, 0.2) is 24.5 Å². The van der Waals surface area contributed by atoms with Crippen LogP contribution in [0.3, 0.4) is 0 Å². The predicted octanol–water partition coefficient (Wildman–Crippen LogP) is 3.70. The molecule has 0 radical (unpaired) electrons.